The van der Waals surface area contributed by atoms with E-state index in [4.69, 9.17) is 0 Å². The molecule has 6 nitrogen and oxygen atoms in total. The number of nitrogens with zero attached hydrogens (tertiary/aromatic N) is 3. The van der Waals surface area contributed by atoms with E-state index in [0.29, 0.717) is 17.1 Å². The molecule has 24 heavy (non-hydrogen) atoms. The normalized spacial score (nSPS) is 14.6. The van der Waals surface area contributed by atoms with Crippen molar-refractivity contribution in [2.75, 3.05) is 12.0 Å². The van der Waals surface area contributed by atoms with Crippen LogP contribution in [-0.2, 0) is 10.3 Å². The molecule has 2 aromatic rings. The summed E-state index contributed by atoms with van der Waals surface area (Å²) in [6.45, 7) is 8.52. The zero-order valence-electron chi connectivity index (χ0n) is 14.9. The summed E-state index contributed by atoms with van der Waals surface area (Å²) in [5.41, 5.74) is 0.191. The number of hydrogen-bond donors (Lipinski definition) is 2. The minimum atomic E-state index is -1.64. The average molecular weight is 336 g/mol. The van der Waals surface area contributed by atoms with Gasteiger partial charge in [0.1, 0.15) is 17.8 Å². The second kappa shape index (κ2) is 6.47. The molecular weight excluding hydrogens is 311 g/mol. The van der Waals surface area contributed by atoms with E-state index in [0.717, 1.165) is 5.69 Å². The number of halogens is 1. The first-order valence-electron chi connectivity index (χ1n) is 8.04. The molecule has 0 fully saturated rings. The van der Waals surface area contributed by atoms with Crippen LogP contribution in [0.4, 0.5) is 10.3 Å². The maximum Gasteiger partial charge on any atom is 0.229 e. The van der Waals surface area contributed by atoms with E-state index >= 15 is 0 Å². The van der Waals surface area contributed by atoms with E-state index in [2.05, 4.69) is 15.3 Å². The number of anilines is 1. The van der Waals surface area contributed by atoms with E-state index in [9.17, 15) is 14.3 Å². The molecule has 0 radical (unpaired) electrons. The number of aryl methyl sites for hydroxylation is 1. The summed E-state index contributed by atoms with van der Waals surface area (Å²) in [5.74, 6) is -0.132. The number of imidazole rings is 1. The fourth-order valence-electron chi connectivity index (χ4n) is 2.51. The Labute approximate surface area is 141 Å². The van der Waals surface area contributed by atoms with E-state index in [1.165, 1.54) is 0 Å². The number of carbonyl (C=O) groups excluding carboxylic acids is 1. The van der Waals surface area contributed by atoms with Gasteiger partial charge in [0, 0.05) is 11.2 Å². The van der Waals surface area contributed by atoms with Gasteiger partial charge >= 0.3 is 0 Å². The van der Waals surface area contributed by atoms with Crippen molar-refractivity contribution >= 4 is 23.0 Å². The van der Waals surface area contributed by atoms with E-state index in [1.54, 1.807) is 6.92 Å². The van der Waals surface area contributed by atoms with Crippen molar-refractivity contribution in [1.82, 2.24) is 14.5 Å². The highest BCUT2D eigenvalue weighted by Crippen LogP contribution is 2.27. The van der Waals surface area contributed by atoms with Crippen LogP contribution in [0.5, 0.6) is 0 Å². The summed E-state index contributed by atoms with van der Waals surface area (Å²) in [4.78, 5) is 21.2. The summed E-state index contributed by atoms with van der Waals surface area (Å²) in [7, 11) is 0. The minimum absolute atomic E-state index is 0.160. The number of rotatable bonds is 5. The van der Waals surface area contributed by atoms with Crippen LogP contribution in [0.15, 0.2) is 12.1 Å². The Morgan fingerprint density at radius 1 is 1.33 bits per heavy atom. The fourth-order valence-corrected chi connectivity index (χ4v) is 2.51. The maximum absolute atomic E-state index is 13.0. The fraction of sp³-hybridized carbons (Fsp3) is 0.588. The third-order valence-electron chi connectivity index (χ3n) is 3.96. The zero-order chi connectivity index (χ0) is 18.1. The number of fused-ring (bicyclic) bond motifs is 1. The van der Waals surface area contributed by atoms with Gasteiger partial charge in [0.05, 0.1) is 6.42 Å². The maximum atomic E-state index is 13.0. The molecule has 0 aliphatic carbocycles. The predicted molar refractivity (Wildman–Crippen MR) is 91.7 cm³/mol. The van der Waals surface area contributed by atoms with Crippen LogP contribution in [0, 0.1) is 6.92 Å². The lowest BCUT2D eigenvalue weighted by Gasteiger charge is -2.25. The van der Waals surface area contributed by atoms with Crippen LogP contribution < -0.4 is 5.32 Å². The lowest BCUT2D eigenvalue weighted by molar-refractivity contribution is -0.122. The van der Waals surface area contributed by atoms with E-state index in [-0.39, 0.29) is 18.4 Å². The Balaban J connectivity index is 2.40. The van der Waals surface area contributed by atoms with Gasteiger partial charge in [0.25, 0.3) is 0 Å². The SMILES string of the molecule is CCC(O)(CF)CC(=O)Nc1nc2ccc(C)nc2n1C(C)(C)C. The van der Waals surface area contributed by atoms with Gasteiger partial charge in [0.15, 0.2) is 5.65 Å². The largest absolute Gasteiger partial charge is 0.387 e. The zero-order valence-corrected chi connectivity index (χ0v) is 14.9. The Bertz CT molecular complexity index is 745. The molecule has 1 unspecified atom stereocenters. The van der Waals surface area contributed by atoms with Crippen molar-refractivity contribution in [2.24, 2.45) is 0 Å². The number of aliphatic hydroxyl groups is 1. The van der Waals surface area contributed by atoms with Crippen LogP contribution in [0.2, 0.25) is 0 Å². The summed E-state index contributed by atoms with van der Waals surface area (Å²) in [5, 5.41) is 12.7. The van der Waals surface area contributed by atoms with Gasteiger partial charge in [-0.15, -0.1) is 0 Å². The van der Waals surface area contributed by atoms with Crippen molar-refractivity contribution in [3.63, 3.8) is 0 Å². The molecule has 0 aliphatic heterocycles. The first-order valence-corrected chi connectivity index (χ1v) is 8.04. The van der Waals surface area contributed by atoms with Crippen molar-refractivity contribution in [3.8, 4) is 0 Å². The number of aromatic nitrogens is 3. The van der Waals surface area contributed by atoms with Gasteiger partial charge in [0.2, 0.25) is 11.9 Å². The number of hydrogen-bond acceptors (Lipinski definition) is 4. The van der Waals surface area contributed by atoms with E-state index in [1.807, 2.05) is 44.4 Å². The van der Waals surface area contributed by atoms with Gasteiger partial charge in [-0.1, -0.05) is 6.92 Å². The van der Waals surface area contributed by atoms with Crippen molar-refractivity contribution in [2.45, 2.75) is 58.6 Å². The van der Waals surface area contributed by atoms with Gasteiger partial charge in [-0.3, -0.25) is 14.7 Å². The first kappa shape index (κ1) is 18.3. The van der Waals surface area contributed by atoms with Crippen LogP contribution >= 0.6 is 0 Å². The molecule has 7 heteroatoms. The molecule has 0 saturated carbocycles. The summed E-state index contributed by atoms with van der Waals surface area (Å²) in [6, 6.07) is 3.70. The lowest BCUT2D eigenvalue weighted by atomic mass is 9.98. The van der Waals surface area contributed by atoms with Gasteiger partial charge < -0.3 is 5.11 Å². The molecule has 2 N–H and O–H groups in total. The van der Waals surface area contributed by atoms with Crippen molar-refractivity contribution < 1.29 is 14.3 Å². The van der Waals surface area contributed by atoms with Crippen LogP contribution in [0.25, 0.3) is 11.2 Å². The second-order valence-electron chi connectivity index (χ2n) is 7.17. The molecule has 2 aromatic heterocycles. The highest BCUT2D eigenvalue weighted by atomic mass is 19.1. The third-order valence-corrected chi connectivity index (χ3v) is 3.96. The second-order valence-corrected chi connectivity index (χ2v) is 7.17. The topological polar surface area (TPSA) is 80.0 Å². The monoisotopic (exact) mass is 336 g/mol. The molecule has 0 aromatic carbocycles. The number of nitrogens with one attached hydrogen (secondary N) is 1. The van der Waals surface area contributed by atoms with Crippen LogP contribution in [-0.4, -0.2) is 37.8 Å². The van der Waals surface area contributed by atoms with Crippen LogP contribution in [0.3, 0.4) is 0 Å². The number of alkyl halides is 1. The lowest BCUT2D eigenvalue weighted by Crippen LogP contribution is -2.36. The molecule has 0 spiro atoms. The molecule has 2 rings (SSSR count). The van der Waals surface area contributed by atoms with Gasteiger partial charge in [-0.2, -0.15) is 0 Å². The number of carbonyl (C=O) groups is 1. The molecule has 0 aliphatic rings. The molecule has 1 atom stereocenters. The molecule has 1 amide bonds. The Kier molecular flexibility index (Phi) is 4.94. The Morgan fingerprint density at radius 2 is 2.00 bits per heavy atom. The third kappa shape index (κ3) is 3.72. The van der Waals surface area contributed by atoms with Crippen molar-refractivity contribution in [3.05, 3.63) is 17.8 Å². The number of pyridine rings is 1. The first-order chi connectivity index (χ1) is 11.1. The molecule has 132 valence electrons. The smallest absolute Gasteiger partial charge is 0.229 e. The van der Waals surface area contributed by atoms with Gasteiger partial charge in [-0.05, 0) is 46.2 Å². The van der Waals surface area contributed by atoms with Crippen LogP contribution in [0.1, 0.15) is 46.2 Å². The Hall–Kier alpha value is -2.02. The predicted octanol–water partition coefficient (Wildman–Crippen LogP) is 2.93. The minimum Gasteiger partial charge on any atom is -0.387 e. The molecular formula is C17H25FN4O2. The highest BCUT2D eigenvalue weighted by molar-refractivity contribution is 5.91. The van der Waals surface area contributed by atoms with Gasteiger partial charge in [-0.25, -0.2) is 14.4 Å². The highest BCUT2D eigenvalue weighted by Gasteiger charge is 2.30. The summed E-state index contributed by atoms with van der Waals surface area (Å²) >= 11 is 0. The summed E-state index contributed by atoms with van der Waals surface area (Å²) < 4.78 is 14.8. The molecule has 0 saturated heterocycles. The standard InChI is InChI=1S/C17H25FN4O2/c1-6-17(24,10-18)9-13(23)21-15-20-12-8-7-11(2)19-14(12)22(15)16(3,4)5/h7-8,24H,6,9-10H2,1-5H3,(H,20,21,23). The van der Waals surface area contributed by atoms with Crippen molar-refractivity contribution in [1.29, 1.82) is 0 Å². The Morgan fingerprint density at radius 3 is 2.54 bits per heavy atom. The van der Waals surface area contributed by atoms with E-state index < -0.39 is 18.2 Å². The quantitative estimate of drug-likeness (QED) is 0.880. The summed E-state index contributed by atoms with van der Waals surface area (Å²) in [6.07, 6.45) is -0.160. The molecule has 0 bridgehead atoms. The number of amides is 1. The molecule has 2 heterocycles. The average Bonchev–Trinajstić information content (AvgIpc) is 2.83.